The SMILES string of the molecule is Cc1ccc2nc(CNC(=O)c3ccc(C(C)C)[nH]c3=O)[nH]c2c1. The largest absolute Gasteiger partial charge is 0.345 e. The number of hydrogen-bond donors (Lipinski definition) is 3. The summed E-state index contributed by atoms with van der Waals surface area (Å²) < 4.78 is 0. The van der Waals surface area contributed by atoms with Crippen molar-refractivity contribution in [3.05, 3.63) is 63.3 Å². The van der Waals surface area contributed by atoms with Crippen molar-refractivity contribution in [2.24, 2.45) is 0 Å². The molecule has 1 aromatic carbocycles. The lowest BCUT2D eigenvalue weighted by Crippen LogP contribution is -2.30. The third-order valence-corrected chi connectivity index (χ3v) is 3.90. The monoisotopic (exact) mass is 324 g/mol. The number of fused-ring (bicyclic) bond motifs is 1. The van der Waals surface area contributed by atoms with Gasteiger partial charge < -0.3 is 15.3 Å². The molecule has 3 aromatic rings. The number of carbonyl (C=O) groups is 1. The molecular formula is C18H20N4O2. The van der Waals surface area contributed by atoms with Crippen LogP contribution in [-0.4, -0.2) is 20.9 Å². The number of carbonyl (C=O) groups excluding carboxylic acids is 1. The van der Waals surface area contributed by atoms with Gasteiger partial charge in [0.2, 0.25) is 0 Å². The van der Waals surface area contributed by atoms with Gasteiger partial charge in [0.1, 0.15) is 11.4 Å². The zero-order chi connectivity index (χ0) is 17.3. The van der Waals surface area contributed by atoms with Crippen LogP contribution in [0.5, 0.6) is 0 Å². The van der Waals surface area contributed by atoms with Crippen LogP contribution >= 0.6 is 0 Å². The number of benzene rings is 1. The molecule has 0 saturated heterocycles. The Morgan fingerprint density at radius 3 is 2.71 bits per heavy atom. The van der Waals surface area contributed by atoms with Crippen molar-refractivity contribution in [1.82, 2.24) is 20.3 Å². The molecule has 0 aliphatic heterocycles. The van der Waals surface area contributed by atoms with E-state index in [9.17, 15) is 9.59 Å². The van der Waals surface area contributed by atoms with E-state index in [1.165, 1.54) is 0 Å². The van der Waals surface area contributed by atoms with Crippen LogP contribution in [0.3, 0.4) is 0 Å². The molecule has 24 heavy (non-hydrogen) atoms. The number of amides is 1. The first-order chi connectivity index (χ1) is 11.4. The third-order valence-electron chi connectivity index (χ3n) is 3.90. The molecule has 0 unspecified atom stereocenters. The fraction of sp³-hybridized carbons (Fsp3) is 0.278. The topological polar surface area (TPSA) is 90.6 Å². The quantitative estimate of drug-likeness (QED) is 0.689. The van der Waals surface area contributed by atoms with Crippen molar-refractivity contribution < 1.29 is 4.79 Å². The zero-order valence-corrected chi connectivity index (χ0v) is 13.9. The lowest BCUT2D eigenvalue weighted by Gasteiger charge is -2.07. The molecule has 124 valence electrons. The Morgan fingerprint density at radius 1 is 1.21 bits per heavy atom. The smallest absolute Gasteiger partial charge is 0.261 e. The molecule has 0 saturated carbocycles. The average molecular weight is 324 g/mol. The maximum Gasteiger partial charge on any atom is 0.261 e. The van der Waals surface area contributed by atoms with Crippen LogP contribution in [0.1, 0.15) is 47.2 Å². The molecule has 0 fully saturated rings. The minimum atomic E-state index is -0.414. The van der Waals surface area contributed by atoms with E-state index in [4.69, 9.17) is 0 Å². The van der Waals surface area contributed by atoms with Gasteiger partial charge in [0.25, 0.3) is 11.5 Å². The van der Waals surface area contributed by atoms with Crippen LogP contribution in [0.4, 0.5) is 0 Å². The zero-order valence-electron chi connectivity index (χ0n) is 13.9. The maximum absolute atomic E-state index is 12.2. The number of rotatable bonds is 4. The van der Waals surface area contributed by atoms with Crippen molar-refractivity contribution in [2.45, 2.75) is 33.2 Å². The number of imidazole rings is 1. The molecule has 0 aliphatic rings. The summed E-state index contributed by atoms with van der Waals surface area (Å²) in [6.07, 6.45) is 0. The number of aromatic amines is 2. The van der Waals surface area contributed by atoms with E-state index in [1.807, 2.05) is 39.0 Å². The number of hydrogen-bond acceptors (Lipinski definition) is 3. The average Bonchev–Trinajstić information content (AvgIpc) is 2.94. The van der Waals surface area contributed by atoms with Crippen LogP contribution in [0.25, 0.3) is 11.0 Å². The van der Waals surface area contributed by atoms with Gasteiger partial charge in [-0.15, -0.1) is 0 Å². The maximum atomic E-state index is 12.2. The molecule has 0 spiro atoms. The van der Waals surface area contributed by atoms with E-state index >= 15 is 0 Å². The molecule has 2 aromatic heterocycles. The second-order valence-electron chi connectivity index (χ2n) is 6.20. The van der Waals surface area contributed by atoms with E-state index < -0.39 is 5.91 Å². The number of pyridine rings is 1. The van der Waals surface area contributed by atoms with Crippen molar-refractivity contribution in [3.8, 4) is 0 Å². The van der Waals surface area contributed by atoms with Gasteiger partial charge in [0.15, 0.2) is 0 Å². The van der Waals surface area contributed by atoms with Crippen molar-refractivity contribution in [3.63, 3.8) is 0 Å². The van der Waals surface area contributed by atoms with E-state index in [2.05, 4.69) is 20.3 Å². The third kappa shape index (κ3) is 3.22. The number of H-pyrrole nitrogens is 2. The van der Waals surface area contributed by atoms with Crippen molar-refractivity contribution in [2.75, 3.05) is 0 Å². The summed E-state index contributed by atoms with van der Waals surface area (Å²) in [5, 5.41) is 2.73. The summed E-state index contributed by atoms with van der Waals surface area (Å²) in [7, 11) is 0. The number of aryl methyl sites for hydroxylation is 1. The minimum absolute atomic E-state index is 0.103. The number of aromatic nitrogens is 3. The molecule has 2 heterocycles. The number of nitrogens with one attached hydrogen (secondary N) is 3. The molecule has 3 rings (SSSR count). The van der Waals surface area contributed by atoms with Crippen LogP contribution in [-0.2, 0) is 6.54 Å². The highest BCUT2D eigenvalue weighted by molar-refractivity contribution is 5.93. The van der Waals surface area contributed by atoms with Crippen LogP contribution in [0.15, 0.2) is 35.1 Å². The van der Waals surface area contributed by atoms with Crippen molar-refractivity contribution in [1.29, 1.82) is 0 Å². The lowest BCUT2D eigenvalue weighted by molar-refractivity contribution is 0.0948. The highest BCUT2D eigenvalue weighted by Gasteiger charge is 2.12. The molecule has 0 radical (unpaired) electrons. The molecule has 6 nitrogen and oxygen atoms in total. The Hall–Kier alpha value is -2.89. The fourth-order valence-corrected chi connectivity index (χ4v) is 2.52. The molecule has 0 atom stereocenters. The first kappa shape index (κ1) is 16.0. The minimum Gasteiger partial charge on any atom is -0.345 e. The second kappa shape index (κ2) is 6.31. The number of nitrogens with zero attached hydrogens (tertiary/aromatic N) is 1. The van der Waals surface area contributed by atoms with Gasteiger partial charge >= 0.3 is 0 Å². The van der Waals surface area contributed by atoms with Gasteiger partial charge in [-0.3, -0.25) is 9.59 Å². The Balaban J connectivity index is 1.73. The van der Waals surface area contributed by atoms with Crippen LogP contribution in [0, 0.1) is 6.92 Å². The standard InChI is InChI=1S/C18H20N4O2/c1-10(2)13-7-5-12(18(24)22-13)17(23)19-9-16-20-14-6-4-11(3)8-15(14)21-16/h4-8,10H,9H2,1-3H3,(H,19,23)(H,20,21)(H,22,24). The summed E-state index contributed by atoms with van der Waals surface area (Å²) in [6, 6.07) is 9.25. The van der Waals surface area contributed by atoms with Crippen LogP contribution < -0.4 is 10.9 Å². The summed E-state index contributed by atoms with van der Waals surface area (Å²) in [5.74, 6) is 0.441. The molecule has 0 bridgehead atoms. The Morgan fingerprint density at radius 2 is 2.00 bits per heavy atom. The van der Waals surface area contributed by atoms with E-state index in [1.54, 1.807) is 12.1 Å². The van der Waals surface area contributed by atoms with Gasteiger partial charge in [0.05, 0.1) is 17.6 Å². The van der Waals surface area contributed by atoms with Gasteiger partial charge in [-0.05, 0) is 42.7 Å². The predicted octanol–water partition coefficient (Wildman–Crippen LogP) is 2.61. The normalized spacial score (nSPS) is 11.2. The Bertz CT molecular complexity index is 953. The molecular weight excluding hydrogens is 304 g/mol. The predicted molar refractivity (Wildman–Crippen MR) is 93.2 cm³/mol. The van der Waals surface area contributed by atoms with Gasteiger partial charge in [-0.2, -0.15) is 0 Å². The molecule has 1 amide bonds. The van der Waals surface area contributed by atoms with E-state index in [0.717, 1.165) is 22.3 Å². The summed E-state index contributed by atoms with van der Waals surface area (Å²) >= 11 is 0. The van der Waals surface area contributed by atoms with Crippen molar-refractivity contribution >= 4 is 16.9 Å². The highest BCUT2D eigenvalue weighted by Crippen LogP contribution is 2.13. The summed E-state index contributed by atoms with van der Waals surface area (Å²) in [6.45, 7) is 6.20. The lowest BCUT2D eigenvalue weighted by atomic mass is 10.1. The van der Waals surface area contributed by atoms with E-state index in [0.29, 0.717) is 5.82 Å². The Kier molecular flexibility index (Phi) is 4.20. The van der Waals surface area contributed by atoms with Gasteiger partial charge in [-0.1, -0.05) is 19.9 Å². The highest BCUT2D eigenvalue weighted by atomic mass is 16.2. The van der Waals surface area contributed by atoms with Gasteiger partial charge in [0, 0.05) is 5.69 Å². The fourth-order valence-electron chi connectivity index (χ4n) is 2.52. The summed E-state index contributed by atoms with van der Waals surface area (Å²) in [4.78, 5) is 34.6. The van der Waals surface area contributed by atoms with Gasteiger partial charge in [-0.25, -0.2) is 4.98 Å². The second-order valence-corrected chi connectivity index (χ2v) is 6.20. The summed E-state index contributed by atoms with van der Waals surface area (Å²) in [5.41, 5.74) is 3.45. The molecule has 3 N–H and O–H groups in total. The molecule has 0 aliphatic carbocycles. The Labute approximate surface area is 139 Å². The first-order valence-electron chi connectivity index (χ1n) is 7.90. The van der Waals surface area contributed by atoms with Crippen LogP contribution in [0.2, 0.25) is 0 Å². The van der Waals surface area contributed by atoms with E-state index in [-0.39, 0.29) is 23.6 Å². The molecule has 6 heteroatoms. The first-order valence-corrected chi connectivity index (χ1v) is 7.90.